The highest BCUT2D eigenvalue weighted by Crippen LogP contribution is 2.42. The zero-order valence-electron chi connectivity index (χ0n) is 11.6. The predicted molar refractivity (Wildman–Crippen MR) is 74.7 cm³/mol. The van der Waals surface area contributed by atoms with Gasteiger partial charge in [-0.3, -0.25) is 4.79 Å². The number of oxime groups is 1. The van der Waals surface area contributed by atoms with Crippen LogP contribution in [0.1, 0.15) is 36.8 Å². The Bertz CT molecular complexity index is 613. The molecule has 0 amide bonds. The van der Waals surface area contributed by atoms with E-state index in [0.717, 1.165) is 17.5 Å². The maximum atomic E-state index is 12.3. The summed E-state index contributed by atoms with van der Waals surface area (Å²) >= 11 is 0. The number of ether oxygens (including phenoxy) is 1. The van der Waals surface area contributed by atoms with Gasteiger partial charge in [0.1, 0.15) is 5.76 Å². The molecule has 0 saturated heterocycles. The first-order valence-electron chi connectivity index (χ1n) is 6.82. The minimum atomic E-state index is -0.365. The Morgan fingerprint density at radius 2 is 1.95 bits per heavy atom. The molecule has 0 saturated carbocycles. The van der Waals surface area contributed by atoms with Gasteiger partial charge in [-0.05, 0) is 18.4 Å². The van der Waals surface area contributed by atoms with E-state index >= 15 is 0 Å². The van der Waals surface area contributed by atoms with Crippen molar-refractivity contribution in [3.63, 3.8) is 0 Å². The molecule has 0 fully saturated rings. The van der Waals surface area contributed by atoms with Crippen LogP contribution in [0.15, 0.2) is 40.8 Å². The maximum absolute atomic E-state index is 12.3. The second-order valence-electron chi connectivity index (χ2n) is 5.66. The highest BCUT2D eigenvalue weighted by molar-refractivity contribution is 6.08. The summed E-state index contributed by atoms with van der Waals surface area (Å²) in [6.45, 7) is 4.04. The van der Waals surface area contributed by atoms with Crippen LogP contribution in [0.3, 0.4) is 0 Å². The van der Waals surface area contributed by atoms with Crippen LogP contribution < -0.4 is 0 Å². The van der Waals surface area contributed by atoms with Gasteiger partial charge < -0.3 is 9.94 Å². The molecular formula is C16H17NO3. The van der Waals surface area contributed by atoms with Crippen LogP contribution >= 0.6 is 0 Å². The smallest absolute Gasteiger partial charge is 0.242 e. The van der Waals surface area contributed by atoms with Crippen molar-refractivity contribution in [1.82, 2.24) is 0 Å². The molecule has 104 valence electrons. The van der Waals surface area contributed by atoms with Crippen molar-refractivity contribution in [3.05, 3.63) is 46.7 Å². The van der Waals surface area contributed by atoms with Crippen molar-refractivity contribution < 1.29 is 14.7 Å². The second kappa shape index (κ2) is 4.78. The van der Waals surface area contributed by atoms with E-state index in [0.29, 0.717) is 17.8 Å². The number of rotatable bonds is 1. The number of aryl methyl sites for hydroxylation is 1. The van der Waals surface area contributed by atoms with Gasteiger partial charge in [0.2, 0.25) is 5.90 Å². The van der Waals surface area contributed by atoms with E-state index in [4.69, 9.17) is 4.74 Å². The number of hydrogen-bond donors (Lipinski definition) is 1. The van der Waals surface area contributed by atoms with Crippen LogP contribution in [-0.2, 0) is 9.53 Å². The van der Waals surface area contributed by atoms with Gasteiger partial charge in [0.05, 0.1) is 11.5 Å². The van der Waals surface area contributed by atoms with E-state index in [1.165, 1.54) is 0 Å². The maximum Gasteiger partial charge on any atom is 0.242 e. The summed E-state index contributed by atoms with van der Waals surface area (Å²) in [7, 11) is 0. The number of benzene rings is 1. The molecule has 2 aliphatic rings. The van der Waals surface area contributed by atoms with Gasteiger partial charge >= 0.3 is 0 Å². The molecule has 0 spiro atoms. The lowest BCUT2D eigenvalue weighted by Crippen LogP contribution is -2.19. The summed E-state index contributed by atoms with van der Waals surface area (Å²) in [5.41, 5.74) is 2.74. The van der Waals surface area contributed by atoms with Crippen LogP contribution in [-0.4, -0.2) is 16.9 Å². The zero-order chi connectivity index (χ0) is 14.3. The van der Waals surface area contributed by atoms with Crippen LogP contribution in [0.4, 0.5) is 0 Å². The fraction of sp³-hybridized carbons (Fsp3) is 0.375. The summed E-state index contributed by atoms with van der Waals surface area (Å²) in [5, 5.41) is 12.4. The van der Waals surface area contributed by atoms with E-state index in [1.807, 2.05) is 38.1 Å². The number of carbonyl (C=O) groups is 1. The Hall–Kier alpha value is -2.10. The molecule has 1 heterocycles. The second-order valence-corrected chi connectivity index (χ2v) is 5.66. The van der Waals surface area contributed by atoms with E-state index < -0.39 is 0 Å². The normalized spacial score (nSPS) is 27.7. The minimum Gasteiger partial charge on any atom is -0.443 e. The van der Waals surface area contributed by atoms with Crippen LogP contribution in [0.5, 0.6) is 0 Å². The molecule has 1 N–H and O–H groups in total. The van der Waals surface area contributed by atoms with Crippen molar-refractivity contribution in [2.75, 3.05) is 0 Å². The molecule has 1 aromatic carbocycles. The lowest BCUT2D eigenvalue weighted by Gasteiger charge is -2.19. The summed E-state index contributed by atoms with van der Waals surface area (Å²) in [6.07, 6.45) is 1.26. The highest BCUT2D eigenvalue weighted by Gasteiger charge is 2.42. The molecule has 1 aliphatic carbocycles. The Kier molecular flexibility index (Phi) is 3.08. The molecule has 2 unspecified atom stereocenters. The van der Waals surface area contributed by atoms with Gasteiger partial charge in [0.15, 0.2) is 5.78 Å². The molecule has 3 rings (SSSR count). The third-order valence-electron chi connectivity index (χ3n) is 3.94. The van der Waals surface area contributed by atoms with Crippen molar-refractivity contribution >= 4 is 11.7 Å². The van der Waals surface area contributed by atoms with Crippen LogP contribution in [0.25, 0.3) is 0 Å². The van der Waals surface area contributed by atoms with Crippen molar-refractivity contribution in [3.8, 4) is 0 Å². The molecule has 0 radical (unpaired) electrons. The van der Waals surface area contributed by atoms with Gasteiger partial charge in [-0.25, -0.2) is 0 Å². The van der Waals surface area contributed by atoms with Crippen molar-refractivity contribution in [2.24, 2.45) is 11.1 Å². The van der Waals surface area contributed by atoms with Gasteiger partial charge in [-0.1, -0.05) is 41.9 Å². The third-order valence-corrected chi connectivity index (χ3v) is 3.94. The number of hydrogen-bond acceptors (Lipinski definition) is 4. The van der Waals surface area contributed by atoms with E-state index in [2.05, 4.69) is 5.16 Å². The van der Waals surface area contributed by atoms with E-state index in [-0.39, 0.29) is 23.5 Å². The quantitative estimate of drug-likeness (QED) is 0.630. The van der Waals surface area contributed by atoms with E-state index in [1.54, 1.807) is 0 Å². The lowest BCUT2D eigenvalue weighted by molar-refractivity contribution is -0.117. The number of carbonyl (C=O) groups excluding carboxylic acids is 1. The first-order chi connectivity index (χ1) is 9.60. The Balaban J connectivity index is 2.07. The molecule has 1 aliphatic heterocycles. The molecular weight excluding hydrogens is 254 g/mol. The number of Topliss-reactive ketones (excluding diaryl/α,β-unsaturated/α-hetero) is 1. The highest BCUT2D eigenvalue weighted by atomic mass is 16.5. The van der Waals surface area contributed by atoms with Crippen molar-refractivity contribution in [1.29, 1.82) is 0 Å². The van der Waals surface area contributed by atoms with Crippen LogP contribution in [0.2, 0.25) is 0 Å². The molecule has 20 heavy (non-hydrogen) atoms. The molecule has 2 atom stereocenters. The first kappa shape index (κ1) is 12.9. The standard InChI is InChI=1S/C16H17NO3/c1-9-3-5-11(6-4-9)14-15-12(18)7-10(2)8-13(15)20-16(14)17-19/h3-6,10,14,19H,7-8H2,1-2H3/b17-16-. The Morgan fingerprint density at radius 1 is 1.25 bits per heavy atom. The summed E-state index contributed by atoms with van der Waals surface area (Å²) < 4.78 is 5.61. The number of nitrogens with zero attached hydrogens (tertiary/aromatic N) is 1. The number of allylic oxidation sites excluding steroid dienone is 1. The molecule has 1 aromatic rings. The average Bonchev–Trinajstić information content (AvgIpc) is 2.78. The van der Waals surface area contributed by atoms with Gasteiger partial charge in [-0.2, -0.15) is 0 Å². The summed E-state index contributed by atoms with van der Waals surface area (Å²) in [5.74, 6) is 0.893. The molecule has 4 nitrogen and oxygen atoms in total. The zero-order valence-corrected chi connectivity index (χ0v) is 11.6. The summed E-state index contributed by atoms with van der Waals surface area (Å²) in [4.78, 5) is 12.3. The SMILES string of the molecule is Cc1ccc(C2C3=C(CC(C)CC3=O)O/C2=N\O)cc1. The number of ketones is 1. The average molecular weight is 271 g/mol. The largest absolute Gasteiger partial charge is 0.443 e. The third kappa shape index (κ3) is 2.01. The van der Waals surface area contributed by atoms with Gasteiger partial charge in [-0.15, -0.1) is 0 Å². The fourth-order valence-electron chi connectivity index (χ4n) is 2.95. The van der Waals surface area contributed by atoms with Gasteiger partial charge in [0, 0.05) is 12.8 Å². The monoisotopic (exact) mass is 271 g/mol. The van der Waals surface area contributed by atoms with E-state index in [9.17, 15) is 10.0 Å². The Morgan fingerprint density at radius 3 is 2.60 bits per heavy atom. The van der Waals surface area contributed by atoms with Crippen molar-refractivity contribution in [2.45, 2.75) is 32.6 Å². The molecule has 0 bridgehead atoms. The topological polar surface area (TPSA) is 58.9 Å². The van der Waals surface area contributed by atoms with Gasteiger partial charge in [0.25, 0.3) is 0 Å². The molecule has 4 heteroatoms. The van der Waals surface area contributed by atoms with Crippen LogP contribution in [0, 0.1) is 12.8 Å². The summed E-state index contributed by atoms with van der Waals surface area (Å²) in [6, 6.07) is 7.88. The first-order valence-corrected chi connectivity index (χ1v) is 6.82. The predicted octanol–water partition coefficient (Wildman–Crippen LogP) is 3.15. The molecule has 0 aromatic heterocycles. The minimum absolute atomic E-state index is 0.1000. The Labute approximate surface area is 117 Å². The fourth-order valence-corrected chi connectivity index (χ4v) is 2.95. The lowest BCUT2D eigenvalue weighted by atomic mass is 9.81.